The lowest BCUT2D eigenvalue weighted by atomic mass is 9.87. The van der Waals surface area contributed by atoms with E-state index < -0.39 is 0 Å². The molecule has 0 saturated heterocycles. The Balaban J connectivity index is 2.63. The molecule has 1 N–H and O–H groups in total. The molecule has 0 aliphatic heterocycles. The Morgan fingerprint density at radius 2 is 1.80 bits per heavy atom. The van der Waals surface area contributed by atoms with Gasteiger partial charge in [0.05, 0.1) is 6.61 Å². The van der Waals surface area contributed by atoms with Crippen molar-refractivity contribution < 1.29 is 4.74 Å². The number of methoxy groups -OCH3 is 1. The number of benzene rings is 1. The number of aryl methyl sites for hydroxylation is 2. The molecule has 0 aliphatic carbocycles. The Morgan fingerprint density at radius 1 is 1.15 bits per heavy atom. The first-order valence-electron chi connectivity index (χ1n) is 7.79. The van der Waals surface area contributed by atoms with Gasteiger partial charge >= 0.3 is 0 Å². The van der Waals surface area contributed by atoms with Crippen molar-refractivity contribution >= 4 is 0 Å². The van der Waals surface area contributed by atoms with Gasteiger partial charge in [0.25, 0.3) is 0 Å². The van der Waals surface area contributed by atoms with Gasteiger partial charge in [-0.2, -0.15) is 0 Å². The van der Waals surface area contributed by atoms with E-state index in [2.05, 4.69) is 51.2 Å². The van der Waals surface area contributed by atoms with E-state index in [9.17, 15) is 0 Å². The van der Waals surface area contributed by atoms with Crippen molar-refractivity contribution in [2.24, 2.45) is 11.8 Å². The lowest BCUT2D eigenvalue weighted by Crippen LogP contribution is -2.28. The third-order valence-electron chi connectivity index (χ3n) is 3.86. The van der Waals surface area contributed by atoms with Crippen LogP contribution in [0.1, 0.15) is 37.0 Å². The molecule has 20 heavy (non-hydrogen) atoms. The maximum absolute atomic E-state index is 5.10. The molecule has 0 amide bonds. The first kappa shape index (κ1) is 17.2. The lowest BCUT2D eigenvalue weighted by Gasteiger charge is -2.22. The van der Waals surface area contributed by atoms with E-state index >= 15 is 0 Å². The van der Waals surface area contributed by atoms with Crippen molar-refractivity contribution in [2.75, 3.05) is 26.8 Å². The van der Waals surface area contributed by atoms with Crippen LogP contribution in [0.15, 0.2) is 18.2 Å². The summed E-state index contributed by atoms with van der Waals surface area (Å²) in [6.07, 6.45) is 2.45. The van der Waals surface area contributed by atoms with E-state index in [-0.39, 0.29) is 0 Å². The quantitative estimate of drug-likeness (QED) is 0.694. The highest BCUT2D eigenvalue weighted by Crippen LogP contribution is 2.21. The molecule has 0 fully saturated rings. The third kappa shape index (κ3) is 6.06. The van der Waals surface area contributed by atoms with E-state index in [1.807, 2.05) is 0 Å². The van der Waals surface area contributed by atoms with Crippen LogP contribution in [-0.4, -0.2) is 26.8 Å². The largest absolute Gasteiger partial charge is 0.383 e. The number of hydrogen-bond acceptors (Lipinski definition) is 2. The van der Waals surface area contributed by atoms with Crippen LogP contribution in [0.3, 0.4) is 0 Å². The van der Waals surface area contributed by atoms with Crippen molar-refractivity contribution in [3.8, 4) is 0 Å². The van der Waals surface area contributed by atoms with Crippen LogP contribution < -0.4 is 5.32 Å². The molecule has 114 valence electrons. The fourth-order valence-electron chi connectivity index (χ4n) is 2.85. The molecule has 0 aromatic heterocycles. The zero-order chi connectivity index (χ0) is 15.0. The molecule has 1 aromatic rings. The number of rotatable bonds is 9. The Morgan fingerprint density at radius 3 is 2.35 bits per heavy atom. The van der Waals surface area contributed by atoms with Crippen molar-refractivity contribution in [3.63, 3.8) is 0 Å². The van der Waals surface area contributed by atoms with Gasteiger partial charge in [0.2, 0.25) is 0 Å². The lowest BCUT2D eigenvalue weighted by molar-refractivity contribution is 0.197. The molecule has 2 heteroatoms. The van der Waals surface area contributed by atoms with Crippen molar-refractivity contribution in [1.29, 1.82) is 0 Å². The monoisotopic (exact) mass is 277 g/mol. The van der Waals surface area contributed by atoms with Gasteiger partial charge in [0.15, 0.2) is 0 Å². The molecular weight excluding hydrogens is 246 g/mol. The van der Waals surface area contributed by atoms with Crippen LogP contribution in [0.2, 0.25) is 0 Å². The molecule has 0 saturated carbocycles. The number of ether oxygens (including phenoxy) is 1. The highest BCUT2D eigenvalue weighted by molar-refractivity contribution is 5.33. The van der Waals surface area contributed by atoms with Crippen molar-refractivity contribution in [3.05, 3.63) is 34.9 Å². The first-order chi connectivity index (χ1) is 9.54. The standard InChI is InChI=1S/C18H31NO/c1-14(2)11-17(13-19-9-10-20-5)12-18-15(3)7-6-8-16(18)4/h6-8,14,17,19H,9-13H2,1-5H3. The van der Waals surface area contributed by atoms with Crippen molar-refractivity contribution in [1.82, 2.24) is 5.32 Å². The predicted molar refractivity (Wildman–Crippen MR) is 87.3 cm³/mol. The van der Waals surface area contributed by atoms with Gasteiger partial charge in [0, 0.05) is 13.7 Å². The van der Waals surface area contributed by atoms with E-state index in [4.69, 9.17) is 4.74 Å². The molecule has 1 unspecified atom stereocenters. The maximum atomic E-state index is 5.10. The molecule has 2 nitrogen and oxygen atoms in total. The molecule has 0 bridgehead atoms. The second-order valence-electron chi connectivity index (χ2n) is 6.27. The van der Waals surface area contributed by atoms with Gasteiger partial charge in [-0.05, 0) is 61.8 Å². The van der Waals surface area contributed by atoms with Gasteiger partial charge < -0.3 is 10.1 Å². The Kier molecular flexibility index (Phi) is 7.86. The topological polar surface area (TPSA) is 21.3 Å². The SMILES string of the molecule is COCCNCC(Cc1c(C)cccc1C)CC(C)C. The minimum absolute atomic E-state index is 0.701. The smallest absolute Gasteiger partial charge is 0.0587 e. The molecule has 0 radical (unpaired) electrons. The Hall–Kier alpha value is -0.860. The van der Waals surface area contributed by atoms with E-state index in [0.717, 1.165) is 25.6 Å². The average molecular weight is 277 g/mol. The van der Waals surface area contributed by atoms with E-state index in [1.54, 1.807) is 7.11 Å². The summed E-state index contributed by atoms with van der Waals surface area (Å²) < 4.78 is 5.10. The minimum atomic E-state index is 0.701. The van der Waals surface area contributed by atoms with Crippen LogP contribution >= 0.6 is 0 Å². The minimum Gasteiger partial charge on any atom is -0.383 e. The molecule has 1 rings (SSSR count). The summed E-state index contributed by atoms with van der Waals surface area (Å²) in [5, 5.41) is 3.53. The van der Waals surface area contributed by atoms with Gasteiger partial charge in [-0.25, -0.2) is 0 Å². The zero-order valence-electron chi connectivity index (χ0n) is 13.8. The summed E-state index contributed by atoms with van der Waals surface area (Å²) in [6, 6.07) is 6.61. The average Bonchev–Trinajstić information content (AvgIpc) is 2.38. The second kappa shape index (κ2) is 9.15. The Labute approximate surface area is 124 Å². The fourth-order valence-corrected chi connectivity index (χ4v) is 2.85. The molecular formula is C18H31NO. The number of hydrogen-bond donors (Lipinski definition) is 1. The van der Waals surface area contributed by atoms with Gasteiger partial charge in [-0.15, -0.1) is 0 Å². The van der Waals surface area contributed by atoms with Crippen LogP contribution in [0.4, 0.5) is 0 Å². The molecule has 1 aromatic carbocycles. The van der Waals surface area contributed by atoms with E-state index in [1.165, 1.54) is 29.5 Å². The summed E-state index contributed by atoms with van der Waals surface area (Å²) in [4.78, 5) is 0. The van der Waals surface area contributed by atoms with Crippen molar-refractivity contribution in [2.45, 2.75) is 40.5 Å². The first-order valence-corrected chi connectivity index (χ1v) is 7.79. The summed E-state index contributed by atoms with van der Waals surface area (Å²) in [6.45, 7) is 11.9. The van der Waals surface area contributed by atoms with Crippen LogP contribution in [0.25, 0.3) is 0 Å². The van der Waals surface area contributed by atoms with Crippen LogP contribution in [0.5, 0.6) is 0 Å². The van der Waals surface area contributed by atoms with Crippen LogP contribution in [0, 0.1) is 25.7 Å². The predicted octanol–water partition coefficient (Wildman–Crippen LogP) is 3.74. The fraction of sp³-hybridized carbons (Fsp3) is 0.667. The molecule has 1 atom stereocenters. The highest BCUT2D eigenvalue weighted by Gasteiger charge is 2.14. The third-order valence-corrected chi connectivity index (χ3v) is 3.86. The summed E-state index contributed by atoms with van der Waals surface area (Å²) in [5.74, 6) is 1.44. The van der Waals surface area contributed by atoms with Gasteiger partial charge in [-0.1, -0.05) is 32.0 Å². The summed E-state index contributed by atoms with van der Waals surface area (Å²) in [5.41, 5.74) is 4.39. The summed E-state index contributed by atoms with van der Waals surface area (Å²) in [7, 11) is 1.75. The second-order valence-corrected chi connectivity index (χ2v) is 6.27. The highest BCUT2D eigenvalue weighted by atomic mass is 16.5. The van der Waals surface area contributed by atoms with Gasteiger partial charge in [-0.3, -0.25) is 0 Å². The van der Waals surface area contributed by atoms with Crippen LogP contribution in [-0.2, 0) is 11.2 Å². The summed E-state index contributed by atoms with van der Waals surface area (Å²) >= 11 is 0. The van der Waals surface area contributed by atoms with Gasteiger partial charge in [0.1, 0.15) is 0 Å². The normalized spacial score (nSPS) is 12.9. The van der Waals surface area contributed by atoms with E-state index in [0.29, 0.717) is 5.92 Å². The maximum Gasteiger partial charge on any atom is 0.0587 e. The Bertz CT molecular complexity index is 367. The molecule has 0 aliphatic rings. The molecule has 0 heterocycles. The zero-order valence-corrected chi connectivity index (χ0v) is 13.8. The number of nitrogens with one attached hydrogen (secondary N) is 1. The molecule has 0 spiro atoms.